The van der Waals surface area contributed by atoms with Crippen molar-refractivity contribution < 1.29 is 4.79 Å². The predicted octanol–water partition coefficient (Wildman–Crippen LogP) is 2.57. The van der Waals surface area contributed by atoms with Gasteiger partial charge in [-0.3, -0.25) is 4.79 Å². The van der Waals surface area contributed by atoms with Crippen LogP contribution in [0.5, 0.6) is 0 Å². The van der Waals surface area contributed by atoms with Gasteiger partial charge in [0.05, 0.1) is 0 Å². The number of piperidine rings is 1. The zero-order valence-corrected chi connectivity index (χ0v) is 14.8. The van der Waals surface area contributed by atoms with Crippen molar-refractivity contribution in [2.24, 2.45) is 5.92 Å². The molecular formula is C18H29N5O. The fourth-order valence-corrected chi connectivity index (χ4v) is 3.22. The van der Waals surface area contributed by atoms with Crippen LogP contribution in [-0.2, 0) is 4.79 Å². The topological polar surface area (TPSA) is 70.2 Å². The third kappa shape index (κ3) is 5.08. The highest BCUT2D eigenvalue weighted by Gasteiger charge is 2.23. The van der Waals surface area contributed by atoms with E-state index in [1.54, 1.807) is 6.33 Å². The van der Waals surface area contributed by atoms with Gasteiger partial charge in [-0.15, -0.1) is 0 Å². The highest BCUT2D eigenvalue weighted by atomic mass is 16.1. The molecule has 6 nitrogen and oxygen atoms in total. The molecule has 0 unspecified atom stereocenters. The van der Waals surface area contributed by atoms with Gasteiger partial charge >= 0.3 is 0 Å². The Morgan fingerprint density at radius 1 is 1.25 bits per heavy atom. The molecule has 0 atom stereocenters. The summed E-state index contributed by atoms with van der Waals surface area (Å²) in [5, 5.41) is 6.40. The summed E-state index contributed by atoms with van der Waals surface area (Å²) >= 11 is 0. The highest BCUT2D eigenvalue weighted by Crippen LogP contribution is 2.27. The van der Waals surface area contributed by atoms with Gasteiger partial charge in [0, 0.05) is 37.7 Å². The number of anilines is 2. The van der Waals surface area contributed by atoms with Gasteiger partial charge in [-0.1, -0.05) is 0 Å². The second kappa shape index (κ2) is 7.81. The molecule has 3 rings (SSSR count). The van der Waals surface area contributed by atoms with Crippen LogP contribution in [0.4, 0.5) is 11.6 Å². The molecule has 2 N–H and O–H groups in total. The van der Waals surface area contributed by atoms with E-state index in [-0.39, 0.29) is 11.9 Å². The van der Waals surface area contributed by atoms with Crippen molar-refractivity contribution in [2.45, 2.75) is 64.5 Å². The highest BCUT2D eigenvalue weighted by molar-refractivity contribution is 5.76. The second-order valence-corrected chi connectivity index (χ2v) is 7.37. The lowest BCUT2D eigenvalue weighted by Gasteiger charge is -2.32. The Labute approximate surface area is 144 Å². The van der Waals surface area contributed by atoms with Crippen molar-refractivity contribution in [3.8, 4) is 0 Å². The van der Waals surface area contributed by atoms with E-state index in [0.717, 1.165) is 44.0 Å². The van der Waals surface area contributed by atoms with Gasteiger partial charge in [0.2, 0.25) is 5.91 Å². The standard InChI is InChI=1S/C18H29N5O/c1-13(2)21-18(24)6-3-14-7-9-23(10-8-14)17-11-16(19-12-20-17)22-15-4-5-15/h11-15H,3-10H2,1-2H3,(H,21,24)(H,19,20,22). The predicted molar refractivity (Wildman–Crippen MR) is 96.1 cm³/mol. The molecule has 0 radical (unpaired) electrons. The minimum atomic E-state index is 0.180. The van der Waals surface area contributed by atoms with Crippen LogP contribution in [0.3, 0.4) is 0 Å². The molecule has 2 heterocycles. The fraction of sp³-hybridized carbons (Fsp3) is 0.722. The van der Waals surface area contributed by atoms with Gasteiger partial charge in [0.15, 0.2) is 0 Å². The largest absolute Gasteiger partial charge is 0.367 e. The van der Waals surface area contributed by atoms with Crippen LogP contribution in [0.2, 0.25) is 0 Å². The molecule has 1 amide bonds. The number of hydrogen-bond donors (Lipinski definition) is 2. The Morgan fingerprint density at radius 3 is 2.67 bits per heavy atom. The van der Waals surface area contributed by atoms with Crippen molar-refractivity contribution >= 4 is 17.5 Å². The van der Waals surface area contributed by atoms with E-state index in [0.29, 0.717) is 18.4 Å². The van der Waals surface area contributed by atoms with E-state index in [1.165, 1.54) is 12.8 Å². The van der Waals surface area contributed by atoms with E-state index >= 15 is 0 Å². The van der Waals surface area contributed by atoms with Crippen LogP contribution < -0.4 is 15.5 Å². The molecule has 132 valence electrons. The molecular weight excluding hydrogens is 302 g/mol. The first-order valence-corrected chi connectivity index (χ1v) is 9.23. The van der Waals surface area contributed by atoms with E-state index in [9.17, 15) is 4.79 Å². The Morgan fingerprint density at radius 2 is 2.00 bits per heavy atom. The van der Waals surface area contributed by atoms with Gasteiger partial charge in [0.25, 0.3) is 0 Å². The van der Waals surface area contributed by atoms with E-state index < -0.39 is 0 Å². The van der Waals surface area contributed by atoms with E-state index in [4.69, 9.17) is 0 Å². The Balaban J connectivity index is 1.44. The average molecular weight is 331 g/mol. The fourth-order valence-electron chi connectivity index (χ4n) is 3.22. The van der Waals surface area contributed by atoms with Gasteiger partial charge in [-0.25, -0.2) is 9.97 Å². The molecule has 24 heavy (non-hydrogen) atoms. The summed E-state index contributed by atoms with van der Waals surface area (Å²) in [6.07, 6.45) is 8.04. The third-order valence-electron chi connectivity index (χ3n) is 4.75. The summed E-state index contributed by atoms with van der Waals surface area (Å²) < 4.78 is 0. The average Bonchev–Trinajstić information content (AvgIpc) is 3.37. The maximum absolute atomic E-state index is 11.8. The Hall–Kier alpha value is -1.85. The lowest BCUT2D eigenvalue weighted by atomic mass is 9.92. The Bertz CT molecular complexity index is 550. The molecule has 1 saturated carbocycles. The monoisotopic (exact) mass is 331 g/mol. The maximum Gasteiger partial charge on any atom is 0.220 e. The number of nitrogens with one attached hydrogen (secondary N) is 2. The number of rotatable bonds is 7. The summed E-state index contributed by atoms with van der Waals surface area (Å²) in [5.41, 5.74) is 0. The van der Waals surface area contributed by atoms with Crippen LogP contribution >= 0.6 is 0 Å². The number of amides is 1. The lowest BCUT2D eigenvalue weighted by Crippen LogP contribution is -2.35. The smallest absolute Gasteiger partial charge is 0.220 e. The maximum atomic E-state index is 11.8. The van der Waals surface area contributed by atoms with Crippen LogP contribution in [0, 0.1) is 5.92 Å². The molecule has 1 aliphatic carbocycles. The molecule has 1 saturated heterocycles. The molecule has 1 aliphatic heterocycles. The number of carbonyl (C=O) groups excluding carboxylic acids is 1. The van der Waals surface area contributed by atoms with Crippen molar-refractivity contribution in [1.82, 2.24) is 15.3 Å². The van der Waals surface area contributed by atoms with Gasteiger partial charge in [-0.05, 0) is 51.9 Å². The first-order valence-electron chi connectivity index (χ1n) is 9.23. The molecule has 0 aromatic carbocycles. The number of nitrogens with zero attached hydrogens (tertiary/aromatic N) is 3. The van der Waals surface area contributed by atoms with Crippen LogP contribution in [0.15, 0.2) is 12.4 Å². The van der Waals surface area contributed by atoms with Gasteiger partial charge < -0.3 is 15.5 Å². The zero-order chi connectivity index (χ0) is 16.9. The van der Waals surface area contributed by atoms with Crippen LogP contribution in [0.1, 0.15) is 52.4 Å². The normalized spacial score (nSPS) is 18.7. The summed E-state index contributed by atoms with van der Waals surface area (Å²) in [4.78, 5) is 22.8. The minimum Gasteiger partial charge on any atom is -0.367 e. The molecule has 6 heteroatoms. The molecule has 0 spiro atoms. The second-order valence-electron chi connectivity index (χ2n) is 7.37. The molecule has 1 aromatic heterocycles. The first kappa shape index (κ1) is 17.0. The summed E-state index contributed by atoms with van der Waals surface area (Å²) in [6.45, 7) is 6.03. The summed E-state index contributed by atoms with van der Waals surface area (Å²) in [5.74, 6) is 2.78. The SMILES string of the molecule is CC(C)NC(=O)CCC1CCN(c2cc(NC3CC3)ncn2)CC1. The van der Waals surface area contributed by atoms with Gasteiger partial charge in [-0.2, -0.15) is 0 Å². The number of hydrogen-bond acceptors (Lipinski definition) is 5. The summed E-state index contributed by atoms with van der Waals surface area (Å²) in [7, 11) is 0. The molecule has 2 fully saturated rings. The lowest BCUT2D eigenvalue weighted by molar-refractivity contribution is -0.121. The van der Waals surface area contributed by atoms with Crippen molar-refractivity contribution in [1.29, 1.82) is 0 Å². The molecule has 1 aromatic rings. The minimum absolute atomic E-state index is 0.180. The van der Waals surface area contributed by atoms with Crippen LogP contribution in [-0.4, -0.2) is 41.0 Å². The molecule has 2 aliphatic rings. The van der Waals surface area contributed by atoms with Crippen molar-refractivity contribution in [3.05, 3.63) is 12.4 Å². The van der Waals surface area contributed by atoms with E-state index in [1.807, 2.05) is 13.8 Å². The number of carbonyl (C=O) groups is 1. The Kier molecular flexibility index (Phi) is 5.53. The zero-order valence-electron chi connectivity index (χ0n) is 14.8. The van der Waals surface area contributed by atoms with Gasteiger partial charge in [0.1, 0.15) is 18.0 Å². The first-order chi connectivity index (χ1) is 11.6. The van der Waals surface area contributed by atoms with Crippen molar-refractivity contribution in [3.63, 3.8) is 0 Å². The van der Waals surface area contributed by atoms with E-state index in [2.05, 4.69) is 31.6 Å². The quantitative estimate of drug-likeness (QED) is 0.803. The third-order valence-corrected chi connectivity index (χ3v) is 4.75. The van der Waals surface area contributed by atoms with Crippen LogP contribution in [0.25, 0.3) is 0 Å². The number of aromatic nitrogens is 2. The molecule has 0 bridgehead atoms. The van der Waals surface area contributed by atoms with Crippen molar-refractivity contribution in [2.75, 3.05) is 23.3 Å². The summed E-state index contributed by atoms with van der Waals surface area (Å²) in [6, 6.07) is 2.90.